The maximum absolute atomic E-state index is 4.51. The molecule has 5 heteroatoms. The summed E-state index contributed by atoms with van der Waals surface area (Å²) in [6, 6.07) is 8.56. The fourth-order valence-electron chi connectivity index (χ4n) is 2.75. The van der Waals surface area contributed by atoms with Gasteiger partial charge in [0.05, 0.1) is 5.39 Å². The fourth-order valence-corrected chi connectivity index (χ4v) is 4.01. The summed E-state index contributed by atoms with van der Waals surface area (Å²) in [7, 11) is 0. The van der Waals surface area contributed by atoms with E-state index in [9.17, 15) is 0 Å². The SMILES string of the molecule is Brc1cccc2c1CN(c1ncnc3sccc13)CC2. The summed E-state index contributed by atoms with van der Waals surface area (Å²) in [5, 5.41) is 3.24. The van der Waals surface area contributed by atoms with Gasteiger partial charge in [-0.15, -0.1) is 11.3 Å². The molecular formula is C15H12BrN3S. The summed E-state index contributed by atoms with van der Waals surface area (Å²) in [5.74, 6) is 1.05. The molecule has 0 bridgehead atoms. The lowest BCUT2D eigenvalue weighted by atomic mass is 10.00. The van der Waals surface area contributed by atoms with Crippen LogP contribution in [-0.2, 0) is 13.0 Å². The number of nitrogens with zero attached hydrogens (tertiary/aromatic N) is 3. The fraction of sp³-hybridized carbons (Fsp3) is 0.200. The first-order chi connectivity index (χ1) is 9.83. The molecule has 3 aromatic rings. The summed E-state index contributed by atoms with van der Waals surface area (Å²) >= 11 is 5.33. The van der Waals surface area contributed by atoms with Gasteiger partial charge in [0.25, 0.3) is 0 Å². The van der Waals surface area contributed by atoms with Gasteiger partial charge in [-0.1, -0.05) is 28.1 Å². The Hall–Kier alpha value is -1.46. The first-order valence-electron chi connectivity index (χ1n) is 6.52. The third kappa shape index (κ3) is 1.93. The van der Waals surface area contributed by atoms with E-state index in [0.29, 0.717) is 0 Å². The normalized spacial score (nSPS) is 14.6. The zero-order valence-corrected chi connectivity index (χ0v) is 13.1. The molecule has 0 spiro atoms. The Morgan fingerprint density at radius 3 is 3.10 bits per heavy atom. The van der Waals surface area contributed by atoms with E-state index in [1.807, 2.05) is 0 Å². The van der Waals surface area contributed by atoms with Crippen molar-refractivity contribution in [2.75, 3.05) is 11.4 Å². The smallest absolute Gasteiger partial charge is 0.141 e. The van der Waals surface area contributed by atoms with Crippen LogP contribution >= 0.6 is 27.3 Å². The number of hydrogen-bond acceptors (Lipinski definition) is 4. The molecule has 100 valence electrons. The van der Waals surface area contributed by atoms with Crippen LogP contribution in [0.15, 0.2) is 40.4 Å². The molecule has 0 atom stereocenters. The van der Waals surface area contributed by atoms with Crippen molar-refractivity contribution in [3.63, 3.8) is 0 Å². The molecule has 20 heavy (non-hydrogen) atoms. The summed E-state index contributed by atoms with van der Waals surface area (Å²) < 4.78 is 1.19. The van der Waals surface area contributed by atoms with Gasteiger partial charge >= 0.3 is 0 Å². The summed E-state index contributed by atoms with van der Waals surface area (Å²) in [5.41, 5.74) is 2.81. The molecule has 3 heterocycles. The number of hydrogen-bond donors (Lipinski definition) is 0. The highest BCUT2D eigenvalue weighted by molar-refractivity contribution is 9.10. The van der Waals surface area contributed by atoms with E-state index < -0.39 is 0 Å². The van der Waals surface area contributed by atoms with E-state index in [-0.39, 0.29) is 0 Å². The van der Waals surface area contributed by atoms with E-state index >= 15 is 0 Å². The average molecular weight is 346 g/mol. The van der Waals surface area contributed by atoms with Crippen LogP contribution in [0.25, 0.3) is 10.2 Å². The van der Waals surface area contributed by atoms with Crippen LogP contribution < -0.4 is 4.90 Å². The quantitative estimate of drug-likeness (QED) is 0.667. The van der Waals surface area contributed by atoms with Gasteiger partial charge in [-0.3, -0.25) is 0 Å². The van der Waals surface area contributed by atoms with E-state index in [1.165, 1.54) is 15.6 Å². The Kier molecular flexibility index (Phi) is 2.97. The Balaban J connectivity index is 1.78. The molecule has 1 aliphatic heterocycles. The van der Waals surface area contributed by atoms with Crippen LogP contribution in [0, 0.1) is 0 Å². The highest BCUT2D eigenvalue weighted by atomic mass is 79.9. The molecule has 2 aromatic heterocycles. The topological polar surface area (TPSA) is 29.0 Å². The number of fused-ring (bicyclic) bond motifs is 2. The molecule has 0 aliphatic carbocycles. The first kappa shape index (κ1) is 12.3. The highest BCUT2D eigenvalue weighted by Gasteiger charge is 2.21. The average Bonchev–Trinajstić information content (AvgIpc) is 2.96. The van der Waals surface area contributed by atoms with Crippen molar-refractivity contribution in [1.82, 2.24) is 9.97 Å². The number of anilines is 1. The lowest BCUT2D eigenvalue weighted by molar-refractivity contribution is 0.720. The van der Waals surface area contributed by atoms with Gasteiger partial charge in [0.1, 0.15) is 17.0 Å². The number of benzene rings is 1. The third-order valence-corrected chi connectivity index (χ3v) is 5.32. The Morgan fingerprint density at radius 2 is 2.15 bits per heavy atom. The molecule has 0 saturated heterocycles. The van der Waals surface area contributed by atoms with Crippen molar-refractivity contribution < 1.29 is 0 Å². The van der Waals surface area contributed by atoms with Crippen molar-refractivity contribution >= 4 is 43.3 Å². The van der Waals surface area contributed by atoms with Crippen LogP contribution in [-0.4, -0.2) is 16.5 Å². The Bertz CT molecular complexity index is 784. The van der Waals surface area contributed by atoms with E-state index in [1.54, 1.807) is 17.7 Å². The molecule has 0 fully saturated rings. The minimum atomic E-state index is 0.902. The first-order valence-corrected chi connectivity index (χ1v) is 8.19. The minimum Gasteiger partial charge on any atom is -0.351 e. The van der Waals surface area contributed by atoms with E-state index in [2.05, 4.69) is 60.4 Å². The van der Waals surface area contributed by atoms with Crippen LogP contribution in [0.1, 0.15) is 11.1 Å². The van der Waals surface area contributed by atoms with Gasteiger partial charge in [0.15, 0.2) is 0 Å². The van der Waals surface area contributed by atoms with Gasteiger partial charge in [-0.25, -0.2) is 9.97 Å². The minimum absolute atomic E-state index is 0.902. The maximum atomic E-state index is 4.51. The number of aromatic nitrogens is 2. The van der Waals surface area contributed by atoms with Crippen LogP contribution in [0.5, 0.6) is 0 Å². The summed E-state index contributed by atoms with van der Waals surface area (Å²) in [6.07, 6.45) is 2.73. The molecule has 0 saturated carbocycles. The Morgan fingerprint density at radius 1 is 1.20 bits per heavy atom. The molecule has 0 amide bonds. The molecule has 0 radical (unpaired) electrons. The molecule has 4 rings (SSSR count). The standard InChI is InChI=1S/C15H12BrN3S/c16-13-3-1-2-10-4-6-19(8-12(10)13)14-11-5-7-20-15(11)18-9-17-14/h1-3,5,7,9H,4,6,8H2. The third-order valence-electron chi connectivity index (χ3n) is 3.76. The van der Waals surface area contributed by atoms with Crippen molar-refractivity contribution in [2.45, 2.75) is 13.0 Å². The van der Waals surface area contributed by atoms with Gasteiger partial charge in [-0.05, 0) is 35.1 Å². The second kappa shape index (κ2) is 4.82. The lowest BCUT2D eigenvalue weighted by Crippen LogP contribution is -2.31. The van der Waals surface area contributed by atoms with Gasteiger partial charge in [0.2, 0.25) is 0 Å². The summed E-state index contributed by atoms with van der Waals surface area (Å²) in [6.45, 7) is 1.91. The molecule has 1 aromatic carbocycles. The van der Waals surface area contributed by atoms with Crippen molar-refractivity contribution in [1.29, 1.82) is 0 Å². The number of rotatable bonds is 1. The highest BCUT2D eigenvalue weighted by Crippen LogP contribution is 2.32. The molecule has 3 nitrogen and oxygen atoms in total. The van der Waals surface area contributed by atoms with Gasteiger partial charge in [0, 0.05) is 17.6 Å². The largest absolute Gasteiger partial charge is 0.351 e. The molecule has 1 aliphatic rings. The maximum Gasteiger partial charge on any atom is 0.141 e. The Labute approximate surface area is 129 Å². The van der Waals surface area contributed by atoms with Crippen molar-refractivity contribution in [2.24, 2.45) is 0 Å². The van der Waals surface area contributed by atoms with Gasteiger partial charge in [-0.2, -0.15) is 0 Å². The molecule has 0 N–H and O–H groups in total. The van der Waals surface area contributed by atoms with E-state index in [4.69, 9.17) is 0 Å². The molecular weight excluding hydrogens is 334 g/mol. The zero-order chi connectivity index (χ0) is 13.5. The summed E-state index contributed by atoms with van der Waals surface area (Å²) in [4.78, 5) is 12.3. The van der Waals surface area contributed by atoms with Gasteiger partial charge < -0.3 is 4.90 Å². The van der Waals surface area contributed by atoms with Crippen LogP contribution in [0.4, 0.5) is 5.82 Å². The van der Waals surface area contributed by atoms with Crippen molar-refractivity contribution in [3.8, 4) is 0 Å². The second-order valence-corrected chi connectivity index (χ2v) is 6.63. The molecule has 0 unspecified atom stereocenters. The zero-order valence-electron chi connectivity index (χ0n) is 10.7. The predicted octanol–water partition coefficient (Wildman–Crippen LogP) is 4.02. The lowest BCUT2D eigenvalue weighted by Gasteiger charge is -2.30. The number of halogens is 1. The number of thiophene rings is 1. The monoisotopic (exact) mass is 345 g/mol. The van der Waals surface area contributed by atoms with E-state index in [0.717, 1.165) is 35.5 Å². The second-order valence-electron chi connectivity index (χ2n) is 4.89. The predicted molar refractivity (Wildman–Crippen MR) is 86.3 cm³/mol. The van der Waals surface area contributed by atoms with Crippen LogP contribution in [0.3, 0.4) is 0 Å². The van der Waals surface area contributed by atoms with Crippen LogP contribution in [0.2, 0.25) is 0 Å². The van der Waals surface area contributed by atoms with Crippen molar-refractivity contribution in [3.05, 3.63) is 51.6 Å².